The van der Waals surface area contributed by atoms with Gasteiger partial charge in [-0.2, -0.15) is 0 Å². The van der Waals surface area contributed by atoms with Gasteiger partial charge in [-0.05, 0) is 17.7 Å². The number of aryl methyl sites for hydroxylation is 1. The van der Waals surface area contributed by atoms with Gasteiger partial charge in [0.25, 0.3) is 0 Å². The van der Waals surface area contributed by atoms with Crippen molar-refractivity contribution in [1.82, 2.24) is 0 Å². The third kappa shape index (κ3) is 2.69. The molecule has 19 heavy (non-hydrogen) atoms. The third-order valence-electron chi connectivity index (χ3n) is 3.36. The van der Waals surface area contributed by atoms with Crippen LogP contribution in [0, 0.1) is 5.82 Å². The van der Waals surface area contributed by atoms with Gasteiger partial charge in [0.05, 0.1) is 12.4 Å². The largest absolute Gasteiger partial charge is 0.469 e. The monoisotopic (exact) mass is 263 g/mol. The molecule has 0 amide bonds. The van der Waals surface area contributed by atoms with Gasteiger partial charge in [-0.25, -0.2) is 4.39 Å². The summed E-state index contributed by atoms with van der Waals surface area (Å²) in [7, 11) is 0. The molecule has 0 spiro atoms. The Hall–Kier alpha value is -1.65. The molecule has 0 aliphatic rings. The molecule has 3 nitrogen and oxygen atoms in total. The van der Waals surface area contributed by atoms with E-state index in [0.717, 1.165) is 0 Å². The van der Waals surface area contributed by atoms with E-state index in [4.69, 9.17) is 10.2 Å². The fourth-order valence-electron chi connectivity index (χ4n) is 2.32. The highest BCUT2D eigenvalue weighted by Crippen LogP contribution is 2.33. The smallest absolute Gasteiger partial charge is 0.126 e. The van der Waals surface area contributed by atoms with Gasteiger partial charge in [0, 0.05) is 24.4 Å². The maximum Gasteiger partial charge on any atom is 0.126 e. The van der Waals surface area contributed by atoms with Crippen LogP contribution in [0.15, 0.2) is 41.0 Å². The summed E-state index contributed by atoms with van der Waals surface area (Å²) >= 11 is 0. The van der Waals surface area contributed by atoms with Crippen molar-refractivity contribution in [2.24, 2.45) is 5.73 Å². The Labute approximate surface area is 111 Å². The highest BCUT2D eigenvalue weighted by Gasteiger charge is 2.26. The zero-order valence-electron chi connectivity index (χ0n) is 10.8. The second-order valence-electron chi connectivity index (χ2n) is 4.46. The topological polar surface area (TPSA) is 59.4 Å². The maximum absolute atomic E-state index is 13.8. The van der Waals surface area contributed by atoms with Gasteiger partial charge in [-0.15, -0.1) is 0 Å². The van der Waals surface area contributed by atoms with Gasteiger partial charge in [-0.3, -0.25) is 0 Å². The molecule has 0 bridgehead atoms. The van der Waals surface area contributed by atoms with Crippen LogP contribution in [0.2, 0.25) is 0 Å². The molecule has 0 aliphatic heterocycles. The van der Waals surface area contributed by atoms with E-state index in [1.807, 2.05) is 6.92 Å². The lowest BCUT2D eigenvalue weighted by molar-refractivity contribution is 0.143. The number of aliphatic hydroxyl groups is 1. The van der Waals surface area contributed by atoms with Crippen LogP contribution in [0.3, 0.4) is 0 Å². The van der Waals surface area contributed by atoms with Crippen molar-refractivity contribution in [3.8, 4) is 0 Å². The fraction of sp³-hybridized carbons (Fsp3) is 0.333. The molecule has 2 rings (SSSR count). The van der Waals surface area contributed by atoms with E-state index in [2.05, 4.69) is 0 Å². The summed E-state index contributed by atoms with van der Waals surface area (Å²) in [5.74, 6) is -0.120. The van der Waals surface area contributed by atoms with Gasteiger partial charge in [0.1, 0.15) is 11.6 Å². The number of hydrogen-bond donors (Lipinski definition) is 2. The Balaban J connectivity index is 2.35. The first-order chi connectivity index (χ1) is 9.19. The summed E-state index contributed by atoms with van der Waals surface area (Å²) in [6, 6.07) is 8.10. The molecule has 1 aromatic heterocycles. The first kappa shape index (κ1) is 13.8. The zero-order valence-corrected chi connectivity index (χ0v) is 10.8. The number of halogens is 1. The molecule has 0 saturated carbocycles. The number of furan rings is 1. The Morgan fingerprint density at radius 2 is 2.00 bits per heavy atom. The molecule has 0 saturated heterocycles. The zero-order chi connectivity index (χ0) is 13.8. The van der Waals surface area contributed by atoms with Crippen LogP contribution in [0.4, 0.5) is 4.39 Å². The number of nitrogens with two attached hydrogens (primary N) is 1. The van der Waals surface area contributed by atoms with Gasteiger partial charge >= 0.3 is 0 Å². The quantitative estimate of drug-likeness (QED) is 0.872. The minimum Gasteiger partial charge on any atom is -0.469 e. The molecular weight excluding hydrogens is 245 g/mol. The van der Waals surface area contributed by atoms with Crippen LogP contribution in [0.1, 0.15) is 35.8 Å². The molecule has 1 heterocycles. The fourth-order valence-corrected chi connectivity index (χ4v) is 2.32. The van der Waals surface area contributed by atoms with Gasteiger partial charge in [-0.1, -0.05) is 25.1 Å². The van der Waals surface area contributed by atoms with Crippen molar-refractivity contribution in [2.75, 3.05) is 6.54 Å². The van der Waals surface area contributed by atoms with E-state index in [1.54, 1.807) is 24.3 Å². The summed E-state index contributed by atoms with van der Waals surface area (Å²) in [4.78, 5) is 0. The van der Waals surface area contributed by atoms with Gasteiger partial charge in [0.15, 0.2) is 0 Å². The molecule has 2 atom stereocenters. The standard InChI is InChI=1S/C15H18FNO2/c1-2-14-11(7-8-19-14)15(18)12(9-17)10-5-3-4-6-13(10)16/h3-8,12,15,18H,2,9,17H2,1H3. The lowest BCUT2D eigenvalue weighted by Crippen LogP contribution is -2.21. The number of hydrogen-bond acceptors (Lipinski definition) is 3. The Morgan fingerprint density at radius 3 is 2.63 bits per heavy atom. The predicted molar refractivity (Wildman–Crippen MR) is 71.2 cm³/mol. The van der Waals surface area contributed by atoms with Crippen LogP contribution in [-0.2, 0) is 6.42 Å². The van der Waals surface area contributed by atoms with E-state index in [0.29, 0.717) is 23.3 Å². The van der Waals surface area contributed by atoms with Crippen LogP contribution < -0.4 is 5.73 Å². The van der Waals surface area contributed by atoms with E-state index in [9.17, 15) is 9.50 Å². The first-order valence-corrected chi connectivity index (χ1v) is 6.37. The maximum atomic E-state index is 13.8. The van der Waals surface area contributed by atoms with Crippen LogP contribution in [0.5, 0.6) is 0 Å². The average Bonchev–Trinajstić information content (AvgIpc) is 2.89. The molecule has 3 N–H and O–H groups in total. The van der Waals surface area contributed by atoms with Crippen molar-refractivity contribution < 1.29 is 13.9 Å². The van der Waals surface area contributed by atoms with E-state index in [1.165, 1.54) is 12.3 Å². The van der Waals surface area contributed by atoms with E-state index in [-0.39, 0.29) is 12.4 Å². The molecule has 2 unspecified atom stereocenters. The molecule has 0 radical (unpaired) electrons. The van der Waals surface area contributed by atoms with Crippen molar-refractivity contribution in [2.45, 2.75) is 25.4 Å². The lowest BCUT2D eigenvalue weighted by Gasteiger charge is -2.22. The summed E-state index contributed by atoms with van der Waals surface area (Å²) in [5.41, 5.74) is 6.83. The Morgan fingerprint density at radius 1 is 1.26 bits per heavy atom. The first-order valence-electron chi connectivity index (χ1n) is 6.37. The van der Waals surface area contributed by atoms with Gasteiger partial charge < -0.3 is 15.3 Å². The van der Waals surface area contributed by atoms with Crippen molar-refractivity contribution in [3.05, 3.63) is 59.3 Å². The summed E-state index contributed by atoms with van der Waals surface area (Å²) in [6.45, 7) is 2.10. The second-order valence-corrected chi connectivity index (χ2v) is 4.46. The van der Waals surface area contributed by atoms with Crippen LogP contribution in [-0.4, -0.2) is 11.7 Å². The summed E-state index contributed by atoms with van der Waals surface area (Å²) < 4.78 is 19.1. The SMILES string of the molecule is CCc1occc1C(O)C(CN)c1ccccc1F. The highest BCUT2D eigenvalue weighted by atomic mass is 19.1. The van der Waals surface area contributed by atoms with E-state index >= 15 is 0 Å². The molecule has 2 aromatic rings. The van der Waals surface area contributed by atoms with Crippen molar-refractivity contribution in [3.63, 3.8) is 0 Å². The molecule has 102 valence electrons. The normalized spacial score (nSPS) is 14.3. The van der Waals surface area contributed by atoms with Crippen molar-refractivity contribution in [1.29, 1.82) is 0 Å². The highest BCUT2D eigenvalue weighted by molar-refractivity contribution is 5.29. The number of rotatable bonds is 5. The van der Waals surface area contributed by atoms with Crippen LogP contribution in [0.25, 0.3) is 0 Å². The Kier molecular flexibility index (Phi) is 4.35. The Bertz CT molecular complexity index is 538. The van der Waals surface area contributed by atoms with Crippen LogP contribution >= 0.6 is 0 Å². The molecule has 0 fully saturated rings. The molecule has 1 aromatic carbocycles. The number of aliphatic hydroxyl groups excluding tert-OH is 1. The third-order valence-corrected chi connectivity index (χ3v) is 3.36. The minimum absolute atomic E-state index is 0.163. The molecule has 0 aliphatic carbocycles. The van der Waals surface area contributed by atoms with Crippen molar-refractivity contribution >= 4 is 0 Å². The average molecular weight is 263 g/mol. The second kappa shape index (κ2) is 5.99. The summed E-state index contributed by atoms with van der Waals surface area (Å²) in [6.07, 6.45) is 1.34. The van der Waals surface area contributed by atoms with Gasteiger partial charge in [0.2, 0.25) is 0 Å². The predicted octanol–water partition coefficient (Wildman–Crippen LogP) is 2.76. The molecule has 4 heteroatoms. The number of benzene rings is 1. The minimum atomic E-state index is -0.865. The van der Waals surface area contributed by atoms with E-state index < -0.39 is 12.0 Å². The summed E-state index contributed by atoms with van der Waals surface area (Å²) in [5, 5.41) is 10.5. The lowest BCUT2D eigenvalue weighted by atomic mass is 9.88. The molecular formula is C15H18FNO2.